The lowest BCUT2D eigenvalue weighted by atomic mass is 10.7. The van der Waals surface area contributed by atoms with Crippen LogP contribution in [0.25, 0.3) is 5.82 Å². The largest absolute Gasteiger partial charge is 0.367 e. The van der Waals surface area contributed by atoms with Gasteiger partial charge in [0.05, 0.1) is 12.5 Å². The second kappa shape index (κ2) is 2.29. The first kappa shape index (κ1) is 6.77. The highest BCUT2D eigenvalue weighted by Gasteiger charge is 2.05. The Morgan fingerprint density at radius 1 is 1.58 bits per heavy atom. The van der Waals surface area contributed by atoms with Gasteiger partial charge in [0.15, 0.2) is 5.82 Å². The minimum absolute atomic E-state index is 0.376. The van der Waals surface area contributed by atoms with Crippen LogP contribution in [-0.2, 0) is 7.05 Å². The van der Waals surface area contributed by atoms with E-state index >= 15 is 0 Å². The molecule has 2 aromatic heterocycles. The van der Waals surface area contributed by atoms with E-state index in [1.807, 2.05) is 0 Å². The number of H-pyrrole nitrogens is 1. The molecule has 0 atom stereocenters. The molecule has 0 unspecified atom stereocenters. The standard InChI is InChI=1S/C5H6N6O/c1-10-3-6-2-4(10)11-5(12)7-8-9-11/h2-3H,1H3,(H,7,9,12). The van der Waals surface area contributed by atoms with Crippen LogP contribution in [0.5, 0.6) is 0 Å². The lowest BCUT2D eigenvalue weighted by Crippen LogP contribution is -2.18. The summed E-state index contributed by atoms with van der Waals surface area (Å²) in [6.07, 6.45) is 3.11. The van der Waals surface area contributed by atoms with Crippen LogP contribution in [0.2, 0.25) is 0 Å². The van der Waals surface area contributed by atoms with Crippen LogP contribution < -0.4 is 5.69 Å². The van der Waals surface area contributed by atoms with Crippen molar-refractivity contribution < 1.29 is 0 Å². The molecule has 62 valence electrons. The van der Waals surface area contributed by atoms with Gasteiger partial charge in [0.1, 0.15) is 0 Å². The summed E-state index contributed by atoms with van der Waals surface area (Å²) in [4.78, 5) is 14.9. The van der Waals surface area contributed by atoms with Crippen LogP contribution in [0.4, 0.5) is 0 Å². The van der Waals surface area contributed by atoms with Gasteiger partial charge in [-0.2, -0.15) is 0 Å². The van der Waals surface area contributed by atoms with Crippen molar-refractivity contribution in [1.29, 1.82) is 0 Å². The first-order chi connectivity index (χ1) is 5.79. The van der Waals surface area contributed by atoms with Gasteiger partial charge in [0, 0.05) is 7.05 Å². The van der Waals surface area contributed by atoms with Crippen molar-refractivity contribution in [3.05, 3.63) is 23.0 Å². The Labute approximate surface area is 66.6 Å². The average Bonchev–Trinajstić information content (AvgIpc) is 2.59. The summed E-state index contributed by atoms with van der Waals surface area (Å²) >= 11 is 0. The summed E-state index contributed by atoms with van der Waals surface area (Å²) in [5.74, 6) is 0.578. The summed E-state index contributed by atoms with van der Waals surface area (Å²) in [5.41, 5.74) is -0.376. The van der Waals surface area contributed by atoms with E-state index in [4.69, 9.17) is 0 Å². The van der Waals surface area contributed by atoms with Gasteiger partial charge in [0.2, 0.25) is 0 Å². The van der Waals surface area contributed by atoms with Crippen molar-refractivity contribution in [3.63, 3.8) is 0 Å². The van der Waals surface area contributed by atoms with Gasteiger partial charge in [-0.1, -0.05) is 0 Å². The molecule has 2 heterocycles. The van der Waals surface area contributed by atoms with Crippen LogP contribution in [0.3, 0.4) is 0 Å². The molecular weight excluding hydrogens is 160 g/mol. The van der Waals surface area contributed by atoms with Gasteiger partial charge >= 0.3 is 5.69 Å². The van der Waals surface area contributed by atoms with Crippen molar-refractivity contribution in [2.24, 2.45) is 7.05 Å². The van der Waals surface area contributed by atoms with Gasteiger partial charge in [-0.3, -0.25) is 0 Å². The molecule has 0 spiro atoms. The number of hydrogen-bond donors (Lipinski definition) is 1. The molecule has 0 aliphatic heterocycles. The Kier molecular flexibility index (Phi) is 1.29. The Balaban J connectivity index is 2.65. The number of nitrogens with zero attached hydrogens (tertiary/aromatic N) is 5. The van der Waals surface area contributed by atoms with E-state index in [0.717, 1.165) is 4.68 Å². The van der Waals surface area contributed by atoms with Crippen LogP contribution >= 0.6 is 0 Å². The van der Waals surface area contributed by atoms with E-state index in [2.05, 4.69) is 20.5 Å². The second-order valence-corrected chi connectivity index (χ2v) is 2.28. The molecular formula is C5H6N6O. The molecule has 12 heavy (non-hydrogen) atoms. The zero-order chi connectivity index (χ0) is 8.55. The van der Waals surface area contributed by atoms with E-state index in [0.29, 0.717) is 5.82 Å². The lowest BCUT2D eigenvalue weighted by molar-refractivity contribution is 0.720. The fraction of sp³-hybridized carbons (Fsp3) is 0.200. The van der Waals surface area contributed by atoms with Crippen molar-refractivity contribution in [3.8, 4) is 5.82 Å². The highest BCUT2D eigenvalue weighted by molar-refractivity contribution is 5.15. The maximum absolute atomic E-state index is 11.0. The van der Waals surface area contributed by atoms with Crippen molar-refractivity contribution in [2.75, 3.05) is 0 Å². The van der Waals surface area contributed by atoms with Crippen LogP contribution in [0.15, 0.2) is 17.3 Å². The maximum Gasteiger partial charge on any atom is 0.367 e. The van der Waals surface area contributed by atoms with Crippen LogP contribution in [0, 0.1) is 0 Å². The maximum atomic E-state index is 11.0. The van der Waals surface area contributed by atoms with E-state index in [1.54, 1.807) is 17.9 Å². The molecule has 0 saturated carbocycles. The predicted molar refractivity (Wildman–Crippen MR) is 38.7 cm³/mol. The number of tetrazole rings is 1. The molecule has 2 aromatic rings. The second-order valence-electron chi connectivity index (χ2n) is 2.28. The number of rotatable bonds is 1. The number of aromatic amines is 1. The van der Waals surface area contributed by atoms with Gasteiger partial charge in [0.25, 0.3) is 0 Å². The van der Waals surface area contributed by atoms with Gasteiger partial charge < -0.3 is 4.57 Å². The van der Waals surface area contributed by atoms with Crippen molar-refractivity contribution in [1.82, 2.24) is 29.8 Å². The SMILES string of the molecule is Cn1cncc1-n1nn[nH]c1=O. The van der Waals surface area contributed by atoms with Gasteiger partial charge in [-0.05, 0) is 10.4 Å². The summed E-state index contributed by atoms with van der Waals surface area (Å²) in [6.45, 7) is 0. The Hall–Kier alpha value is -1.92. The van der Waals surface area contributed by atoms with E-state index < -0.39 is 0 Å². The monoisotopic (exact) mass is 166 g/mol. The molecule has 0 aliphatic carbocycles. The Morgan fingerprint density at radius 2 is 2.42 bits per heavy atom. The normalized spacial score (nSPS) is 10.4. The summed E-state index contributed by atoms with van der Waals surface area (Å²) in [6, 6.07) is 0. The molecule has 0 fully saturated rings. The van der Waals surface area contributed by atoms with Crippen molar-refractivity contribution in [2.45, 2.75) is 0 Å². The van der Waals surface area contributed by atoms with Gasteiger partial charge in [-0.25, -0.2) is 14.9 Å². The van der Waals surface area contributed by atoms with Crippen LogP contribution in [-0.4, -0.2) is 29.8 Å². The molecule has 7 nitrogen and oxygen atoms in total. The molecule has 0 aromatic carbocycles. The smallest absolute Gasteiger partial charge is 0.319 e. The highest BCUT2D eigenvalue weighted by atomic mass is 16.2. The molecule has 0 amide bonds. The molecule has 7 heteroatoms. The third-order valence-corrected chi connectivity index (χ3v) is 1.48. The highest BCUT2D eigenvalue weighted by Crippen LogP contribution is 1.97. The predicted octanol–water partition coefficient (Wildman–Crippen LogP) is -1.31. The fourth-order valence-corrected chi connectivity index (χ4v) is 0.902. The third-order valence-electron chi connectivity index (χ3n) is 1.48. The zero-order valence-corrected chi connectivity index (χ0v) is 6.30. The van der Waals surface area contributed by atoms with E-state index in [9.17, 15) is 4.79 Å². The molecule has 0 radical (unpaired) electrons. The summed E-state index contributed by atoms with van der Waals surface area (Å²) < 4.78 is 2.80. The van der Waals surface area contributed by atoms with Crippen LogP contribution in [0.1, 0.15) is 0 Å². The minimum Gasteiger partial charge on any atom is -0.319 e. The fourth-order valence-electron chi connectivity index (χ4n) is 0.902. The molecule has 0 bridgehead atoms. The first-order valence-corrected chi connectivity index (χ1v) is 3.26. The number of imidazole rings is 1. The average molecular weight is 166 g/mol. The number of aryl methyl sites for hydroxylation is 1. The lowest BCUT2D eigenvalue weighted by Gasteiger charge is -1.96. The van der Waals surface area contributed by atoms with Crippen molar-refractivity contribution >= 4 is 0 Å². The molecule has 0 aliphatic rings. The topological polar surface area (TPSA) is 81.4 Å². The first-order valence-electron chi connectivity index (χ1n) is 3.26. The number of nitrogens with one attached hydrogen (secondary N) is 1. The quantitative estimate of drug-likeness (QED) is 0.570. The summed E-state index contributed by atoms with van der Waals surface area (Å²) in [7, 11) is 1.77. The number of hydrogen-bond acceptors (Lipinski definition) is 4. The summed E-state index contributed by atoms with van der Waals surface area (Å²) in [5, 5.41) is 9.10. The number of aromatic nitrogens is 6. The molecule has 1 N–H and O–H groups in total. The molecule has 0 saturated heterocycles. The zero-order valence-electron chi connectivity index (χ0n) is 6.30. The van der Waals surface area contributed by atoms with Gasteiger partial charge in [-0.15, -0.1) is 4.68 Å². The minimum atomic E-state index is -0.376. The molecule has 2 rings (SSSR count). The van der Waals surface area contributed by atoms with E-state index in [-0.39, 0.29) is 5.69 Å². The van der Waals surface area contributed by atoms with E-state index in [1.165, 1.54) is 6.20 Å². The Bertz CT molecular complexity index is 436. The Morgan fingerprint density at radius 3 is 2.92 bits per heavy atom. The third kappa shape index (κ3) is 0.831.